The summed E-state index contributed by atoms with van der Waals surface area (Å²) in [7, 11) is 0. The Kier molecular flexibility index (Phi) is 4.55. The molecule has 3 aromatic heterocycles. The first kappa shape index (κ1) is 16.2. The van der Waals surface area contributed by atoms with E-state index in [9.17, 15) is 4.79 Å². The molecule has 1 saturated heterocycles. The number of nitrogens with one attached hydrogen (secondary N) is 1. The van der Waals surface area contributed by atoms with Crippen LogP contribution in [0, 0.1) is 5.92 Å². The number of rotatable bonds is 4. The number of hydrogen-bond acceptors (Lipinski definition) is 6. The number of anilines is 2. The number of piperidine rings is 1. The lowest BCUT2D eigenvalue weighted by molar-refractivity contribution is -0.120. The minimum Gasteiger partial charge on any atom is -0.354 e. The van der Waals surface area contributed by atoms with Crippen LogP contribution in [0.5, 0.6) is 0 Å². The monoisotopic (exact) mass is 349 g/mol. The summed E-state index contributed by atoms with van der Waals surface area (Å²) in [6.45, 7) is 1.50. The maximum atomic E-state index is 12.5. The lowest BCUT2D eigenvalue weighted by atomic mass is 9.97. The average molecular weight is 349 g/mol. The molecule has 0 radical (unpaired) electrons. The van der Waals surface area contributed by atoms with Crippen LogP contribution in [0.2, 0.25) is 0 Å². The van der Waals surface area contributed by atoms with Crippen LogP contribution < -0.4 is 10.2 Å². The van der Waals surface area contributed by atoms with Crippen LogP contribution in [0.1, 0.15) is 12.8 Å². The molecule has 8 heteroatoms. The number of hydrogen-bond donors (Lipinski definition) is 1. The van der Waals surface area contributed by atoms with E-state index in [0.717, 1.165) is 30.9 Å². The van der Waals surface area contributed by atoms with E-state index in [1.807, 2.05) is 24.4 Å². The normalized spacial score (nSPS) is 17.1. The van der Waals surface area contributed by atoms with Gasteiger partial charge in [0.2, 0.25) is 5.91 Å². The Morgan fingerprint density at radius 1 is 1.12 bits per heavy atom. The summed E-state index contributed by atoms with van der Waals surface area (Å²) in [6, 6.07) is 7.49. The van der Waals surface area contributed by atoms with Gasteiger partial charge in [0.25, 0.3) is 0 Å². The Balaban J connectivity index is 1.42. The summed E-state index contributed by atoms with van der Waals surface area (Å²) < 4.78 is 1.80. The van der Waals surface area contributed by atoms with Crippen molar-refractivity contribution in [1.82, 2.24) is 24.7 Å². The number of aromatic nitrogens is 5. The van der Waals surface area contributed by atoms with Crippen molar-refractivity contribution in [2.24, 2.45) is 5.92 Å². The van der Waals surface area contributed by atoms with E-state index in [1.165, 1.54) is 0 Å². The van der Waals surface area contributed by atoms with Gasteiger partial charge in [-0.05, 0) is 37.1 Å². The third kappa shape index (κ3) is 3.53. The maximum Gasteiger partial charge on any atom is 0.229 e. The molecular weight excluding hydrogens is 330 g/mol. The molecule has 0 saturated carbocycles. The van der Waals surface area contributed by atoms with Gasteiger partial charge in [0.05, 0.1) is 17.8 Å². The van der Waals surface area contributed by atoms with Gasteiger partial charge in [-0.2, -0.15) is 0 Å². The minimum atomic E-state index is -0.0842. The highest BCUT2D eigenvalue weighted by molar-refractivity contribution is 5.92. The molecule has 1 amide bonds. The van der Waals surface area contributed by atoms with Crippen molar-refractivity contribution in [3.8, 4) is 5.82 Å². The van der Waals surface area contributed by atoms with Crippen LogP contribution >= 0.6 is 0 Å². The van der Waals surface area contributed by atoms with Gasteiger partial charge in [0, 0.05) is 31.7 Å². The van der Waals surface area contributed by atoms with Gasteiger partial charge >= 0.3 is 0 Å². The average Bonchev–Trinajstić information content (AvgIpc) is 3.24. The molecule has 26 heavy (non-hydrogen) atoms. The van der Waals surface area contributed by atoms with Gasteiger partial charge in [-0.25, -0.2) is 4.98 Å². The van der Waals surface area contributed by atoms with Crippen molar-refractivity contribution in [2.45, 2.75) is 12.8 Å². The van der Waals surface area contributed by atoms with Gasteiger partial charge in [-0.15, -0.1) is 10.2 Å². The maximum absolute atomic E-state index is 12.5. The first-order chi connectivity index (χ1) is 12.8. The fourth-order valence-electron chi connectivity index (χ4n) is 3.10. The van der Waals surface area contributed by atoms with E-state index in [-0.39, 0.29) is 11.8 Å². The van der Waals surface area contributed by atoms with Gasteiger partial charge in [-0.3, -0.25) is 14.3 Å². The Morgan fingerprint density at radius 2 is 2.00 bits per heavy atom. The Labute approximate surface area is 150 Å². The molecule has 0 bridgehead atoms. The van der Waals surface area contributed by atoms with E-state index >= 15 is 0 Å². The fraction of sp³-hybridized carbons (Fsp3) is 0.278. The highest BCUT2D eigenvalue weighted by atomic mass is 16.1. The van der Waals surface area contributed by atoms with Crippen molar-refractivity contribution in [3.63, 3.8) is 0 Å². The molecule has 1 N–H and O–H groups in total. The minimum absolute atomic E-state index is 0.0192. The number of carbonyl (C=O) groups excluding carboxylic acids is 1. The molecule has 1 aliphatic rings. The second-order valence-corrected chi connectivity index (χ2v) is 6.24. The van der Waals surface area contributed by atoms with Gasteiger partial charge in [0.15, 0.2) is 11.6 Å². The summed E-state index contributed by atoms with van der Waals surface area (Å²) in [5.74, 6) is 1.44. The van der Waals surface area contributed by atoms with E-state index in [2.05, 4.69) is 30.4 Å². The topological polar surface area (TPSA) is 88.8 Å². The quantitative estimate of drug-likeness (QED) is 0.774. The SMILES string of the molecule is O=C(Nc1cccnc1)C1CCCN(c2ccc(-n3ccnc3)nn2)C1. The van der Waals surface area contributed by atoms with E-state index in [4.69, 9.17) is 0 Å². The summed E-state index contributed by atoms with van der Waals surface area (Å²) in [5.41, 5.74) is 0.721. The molecule has 0 aromatic carbocycles. The molecule has 1 atom stereocenters. The van der Waals surface area contributed by atoms with Gasteiger partial charge < -0.3 is 10.2 Å². The standard InChI is InChI=1S/C18H19N7O/c26-18(21-15-4-1-7-19-11-15)14-3-2-9-24(12-14)16-5-6-17(23-22-16)25-10-8-20-13-25/h1,4-8,10-11,13-14H,2-3,9,12H2,(H,21,26). The molecule has 1 unspecified atom stereocenters. The molecular formula is C18H19N7O. The highest BCUT2D eigenvalue weighted by Crippen LogP contribution is 2.23. The van der Waals surface area contributed by atoms with Crippen LogP contribution in [0.15, 0.2) is 55.4 Å². The predicted octanol–water partition coefficient (Wildman–Crippen LogP) is 1.91. The smallest absolute Gasteiger partial charge is 0.229 e. The van der Waals surface area contributed by atoms with Gasteiger partial charge in [0.1, 0.15) is 6.33 Å². The number of pyridine rings is 1. The number of imidazole rings is 1. The first-order valence-electron chi connectivity index (χ1n) is 8.57. The Hall–Kier alpha value is -3.29. The molecule has 1 aliphatic heterocycles. The van der Waals surface area contributed by atoms with Crippen molar-refractivity contribution < 1.29 is 4.79 Å². The Morgan fingerprint density at radius 3 is 2.73 bits per heavy atom. The zero-order valence-electron chi connectivity index (χ0n) is 14.2. The molecule has 0 aliphatic carbocycles. The largest absolute Gasteiger partial charge is 0.354 e. The zero-order chi connectivity index (χ0) is 17.8. The van der Waals surface area contributed by atoms with Crippen molar-refractivity contribution >= 4 is 17.4 Å². The van der Waals surface area contributed by atoms with Crippen molar-refractivity contribution in [3.05, 3.63) is 55.4 Å². The summed E-state index contributed by atoms with van der Waals surface area (Å²) >= 11 is 0. The molecule has 1 fully saturated rings. The van der Waals surface area contributed by atoms with Crippen LogP contribution in [0.25, 0.3) is 5.82 Å². The number of carbonyl (C=O) groups is 1. The van der Waals surface area contributed by atoms with Crippen LogP contribution in [-0.4, -0.2) is 43.7 Å². The van der Waals surface area contributed by atoms with Crippen LogP contribution in [-0.2, 0) is 4.79 Å². The molecule has 3 aromatic rings. The van der Waals surface area contributed by atoms with E-state index in [0.29, 0.717) is 12.4 Å². The fourth-order valence-corrected chi connectivity index (χ4v) is 3.10. The third-order valence-corrected chi connectivity index (χ3v) is 4.45. The molecule has 132 valence electrons. The van der Waals surface area contributed by atoms with Crippen LogP contribution in [0.3, 0.4) is 0 Å². The summed E-state index contributed by atoms with van der Waals surface area (Å²) in [5, 5.41) is 11.5. The van der Waals surface area contributed by atoms with E-state index < -0.39 is 0 Å². The summed E-state index contributed by atoms with van der Waals surface area (Å²) in [6.07, 6.45) is 10.3. The Bertz CT molecular complexity index is 849. The second kappa shape index (κ2) is 7.30. The van der Waals surface area contributed by atoms with Crippen LogP contribution in [0.4, 0.5) is 11.5 Å². The predicted molar refractivity (Wildman–Crippen MR) is 97.0 cm³/mol. The molecule has 4 heterocycles. The lowest BCUT2D eigenvalue weighted by Crippen LogP contribution is -2.41. The second-order valence-electron chi connectivity index (χ2n) is 6.24. The van der Waals surface area contributed by atoms with Crippen molar-refractivity contribution in [2.75, 3.05) is 23.3 Å². The van der Waals surface area contributed by atoms with Crippen molar-refractivity contribution in [1.29, 1.82) is 0 Å². The lowest BCUT2D eigenvalue weighted by Gasteiger charge is -2.32. The molecule has 0 spiro atoms. The van der Waals surface area contributed by atoms with Gasteiger partial charge in [-0.1, -0.05) is 0 Å². The van der Waals surface area contributed by atoms with E-state index in [1.54, 1.807) is 35.6 Å². The molecule has 8 nitrogen and oxygen atoms in total. The number of amides is 1. The first-order valence-corrected chi connectivity index (χ1v) is 8.57. The number of nitrogens with zero attached hydrogens (tertiary/aromatic N) is 6. The highest BCUT2D eigenvalue weighted by Gasteiger charge is 2.26. The zero-order valence-corrected chi connectivity index (χ0v) is 14.2. The summed E-state index contributed by atoms with van der Waals surface area (Å²) in [4.78, 5) is 22.7. The third-order valence-electron chi connectivity index (χ3n) is 4.45. The molecule has 4 rings (SSSR count).